The number of fused-ring (bicyclic) bond motifs is 1. The van der Waals surface area contributed by atoms with Gasteiger partial charge >= 0.3 is 0 Å². The number of ether oxygens (including phenoxy) is 2. The zero-order valence-electron chi connectivity index (χ0n) is 16.7. The monoisotopic (exact) mass is 439 g/mol. The molecule has 31 heavy (non-hydrogen) atoms. The van der Waals surface area contributed by atoms with E-state index in [0.29, 0.717) is 28.0 Å². The number of nitrogens with zero attached hydrogens (tertiary/aromatic N) is 4. The maximum absolute atomic E-state index is 13.7. The van der Waals surface area contributed by atoms with Crippen molar-refractivity contribution in [2.45, 2.75) is 5.03 Å². The third-order valence-electron chi connectivity index (χ3n) is 4.38. The van der Waals surface area contributed by atoms with Crippen LogP contribution in [0.2, 0.25) is 0 Å². The van der Waals surface area contributed by atoms with Crippen LogP contribution < -0.4 is 14.8 Å². The summed E-state index contributed by atoms with van der Waals surface area (Å²) in [6.07, 6.45) is 0. The zero-order chi connectivity index (χ0) is 21.8. The summed E-state index contributed by atoms with van der Waals surface area (Å²) >= 11 is 1.22. The van der Waals surface area contributed by atoms with E-state index in [4.69, 9.17) is 9.47 Å². The predicted molar refractivity (Wildman–Crippen MR) is 115 cm³/mol. The first-order valence-electron chi connectivity index (χ1n) is 9.21. The highest BCUT2D eigenvalue weighted by molar-refractivity contribution is 7.99. The van der Waals surface area contributed by atoms with Gasteiger partial charge in [-0.2, -0.15) is 9.61 Å². The summed E-state index contributed by atoms with van der Waals surface area (Å²) < 4.78 is 25.9. The highest BCUT2D eigenvalue weighted by Crippen LogP contribution is 2.31. The van der Waals surface area contributed by atoms with E-state index in [1.807, 2.05) is 6.07 Å². The number of aromatic nitrogens is 4. The quantitative estimate of drug-likeness (QED) is 0.439. The van der Waals surface area contributed by atoms with Gasteiger partial charge in [-0.1, -0.05) is 23.9 Å². The maximum Gasteiger partial charge on any atom is 0.234 e. The van der Waals surface area contributed by atoms with Gasteiger partial charge in [0.25, 0.3) is 0 Å². The average molecular weight is 439 g/mol. The number of nitrogens with one attached hydrogen (secondary N) is 1. The van der Waals surface area contributed by atoms with E-state index in [0.717, 1.165) is 5.56 Å². The van der Waals surface area contributed by atoms with Gasteiger partial charge in [-0.25, -0.2) is 4.39 Å². The molecule has 0 saturated heterocycles. The highest BCUT2D eigenvalue weighted by atomic mass is 32.2. The smallest absolute Gasteiger partial charge is 0.234 e. The number of hydrogen-bond donors (Lipinski definition) is 1. The van der Waals surface area contributed by atoms with Crippen molar-refractivity contribution in [3.63, 3.8) is 0 Å². The van der Waals surface area contributed by atoms with Crippen molar-refractivity contribution in [2.75, 3.05) is 25.3 Å². The van der Waals surface area contributed by atoms with E-state index in [-0.39, 0.29) is 17.3 Å². The lowest BCUT2D eigenvalue weighted by molar-refractivity contribution is -0.113. The molecule has 0 unspecified atom stereocenters. The van der Waals surface area contributed by atoms with Crippen LogP contribution in [0.4, 0.5) is 10.1 Å². The van der Waals surface area contributed by atoms with Crippen molar-refractivity contribution in [3.05, 3.63) is 60.4 Å². The Hall–Kier alpha value is -3.66. The third kappa shape index (κ3) is 4.43. The summed E-state index contributed by atoms with van der Waals surface area (Å²) in [5, 5.41) is 16.0. The van der Waals surface area contributed by atoms with E-state index in [1.165, 1.54) is 23.9 Å². The Morgan fingerprint density at radius 3 is 2.65 bits per heavy atom. The summed E-state index contributed by atoms with van der Waals surface area (Å²) in [4.78, 5) is 12.2. The van der Waals surface area contributed by atoms with E-state index < -0.39 is 5.82 Å². The second-order valence-electron chi connectivity index (χ2n) is 6.35. The van der Waals surface area contributed by atoms with Crippen LogP contribution in [0.25, 0.3) is 17.0 Å². The van der Waals surface area contributed by atoms with Gasteiger partial charge in [0, 0.05) is 5.56 Å². The van der Waals surface area contributed by atoms with Crippen molar-refractivity contribution >= 4 is 29.0 Å². The van der Waals surface area contributed by atoms with Crippen LogP contribution in [-0.2, 0) is 4.79 Å². The number of para-hydroxylation sites is 1. The first-order chi connectivity index (χ1) is 15.1. The molecule has 0 aliphatic heterocycles. The second-order valence-corrected chi connectivity index (χ2v) is 7.35. The number of anilines is 1. The Kier molecular flexibility index (Phi) is 5.99. The van der Waals surface area contributed by atoms with Crippen LogP contribution in [0.15, 0.2) is 59.6 Å². The van der Waals surface area contributed by atoms with Crippen LogP contribution >= 0.6 is 11.8 Å². The van der Waals surface area contributed by atoms with E-state index in [9.17, 15) is 9.18 Å². The molecule has 4 rings (SSSR count). The number of hydrogen-bond acceptors (Lipinski definition) is 7. The van der Waals surface area contributed by atoms with E-state index in [1.54, 1.807) is 55.1 Å². The topological polar surface area (TPSA) is 90.6 Å². The fourth-order valence-electron chi connectivity index (χ4n) is 2.89. The normalized spacial score (nSPS) is 10.8. The van der Waals surface area contributed by atoms with Gasteiger partial charge < -0.3 is 14.8 Å². The van der Waals surface area contributed by atoms with Crippen LogP contribution in [0.5, 0.6) is 11.5 Å². The molecule has 2 heterocycles. The summed E-state index contributed by atoms with van der Waals surface area (Å²) in [6, 6.07) is 14.9. The number of carbonyl (C=O) groups excluding carboxylic acids is 1. The Labute approximate surface area is 181 Å². The number of methoxy groups -OCH3 is 2. The molecule has 1 amide bonds. The maximum atomic E-state index is 13.7. The number of benzene rings is 2. The number of rotatable bonds is 7. The molecule has 4 aromatic rings. The van der Waals surface area contributed by atoms with Crippen LogP contribution in [-0.4, -0.2) is 45.7 Å². The molecule has 0 atom stereocenters. The molecule has 158 valence electrons. The summed E-state index contributed by atoms with van der Waals surface area (Å²) in [7, 11) is 3.13. The molecule has 0 radical (unpaired) electrons. The predicted octanol–water partition coefficient (Wildman–Crippen LogP) is 3.68. The number of halogens is 1. The minimum Gasteiger partial charge on any atom is -0.493 e. The first kappa shape index (κ1) is 20.6. The Morgan fingerprint density at radius 2 is 1.87 bits per heavy atom. The second kappa shape index (κ2) is 9.00. The van der Waals surface area contributed by atoms with Crippen molar-refractivity contribution < 1.29 is 18.7 Å². The molecular formula is C21H18FN5O3S. The van der Waals surface area contributed by atoms with Gasteiger partial charge in [0.1, 0.15) is 10.8 Å². The lowest BCUT2D eigenvalue weighted by atomic mass is 10.2. The highest BCUT2D eigenvalue weighted by Gasteiger charge is 2.14. The minimum atomic E-state index is -0.482. The number of carbonyl (C=O) groups is 1. The Balaban J connectivity index is 1.53. The van der Waals surface area contributed by atoms with Crippen LogP contribution in [0.3, 0.4) is 0 Å². The van der Waals surface area contributed by atoms with Crippen molar-refractivity contribution in [2.24, 2.45) is 0 Å². The standard InChI is InChI=1S/C21H18FN5O3S/c1-29-16-8-7-13(11-17(16)30-2)21-25-24-18-9-10-20(26-27(18)21)31-12-19(28)23-15-6-4-3-5-14(15)22/h3-11H,12H2,1-2H3,(H,23,28). The van der Waals surface area contributed by atoms with E-state index in [2.05, 4.69) is 20.6 Å². The van der Waals surface area contributed by atoms with Gasteiger partial charge in [-0.05, 0) is 42.5 Å². The summed E-state index contributed by atoms with van der Waals surface area (Å²) in [5.74, 6) is 0.942. The third-order valence-corrected chi connectivity index (χ3v) is 5.30. The summed E-state index contributed by atoms with van der Waals surface area (Å²) in [6.45, 7) is 0. The van der Waals surface area contributed by atoms with Crippen LogP contribution in [0.1, 0.15) is 0 Å². The van der Waals surface area contributed by atoms with Gasteiger partial charge in [0.2, 0.25) is 5.91 Å². The molecule has 0 saturated carbocycles. The Morgan fingerprint density at radius 1 is 1.06 bits per heavy atom. The van der Waals surface area contributed by atoms with Gasteiger partial charge in [-0.15, -0.1) is 10.2 Å². The molecule has 0 fully saturated rings. The van der Waals surface area contributed by atoms with Gasteiger partial charge in [0.05, 0.1) is 25.7 Å². The van der Waals surface area contributed by atoms with Crippen LogP contribution in [0, 0.1) is 5.82 Å². The molecular weight excluding hydrogens is 421 g/mol. The van der Waals surface area contributed by atoms with Gasteiger partial charge in [-0.3, -0.25) is 4.79 Å². The van der Waals surface area contributed by atoms with Gasteiger partial charge in [0.15, 0.2) is 23.0 Å². The Bertz CT molecular complexity index is 1250. The molecule has 8 nitrogen and oxygen atoms in total. The van der Waals surface area contributed by atoms with Crippen molar-refractivity contribution in [1.29, 1.82) is 0 Å². The van der Waals surface area contributed by atoms with Crippen molar-refractivity contribution in [3.8, 4) is 22.9 Å². The molecule has 0 aliphatic carbocycles. The summed E-state index contributed by atoms with van der Waals surface area (Å²) in [5.41, 5.74) is 1.45. The molecule has 0 spiro atoms. The average Bonchev–Trinajstić information content (AvgIpc) is 3.22. The lowest BCUT2D eigenvalue weighted by Gasteiger charge is -2.09. The molecule has 2 aromatic carbocycles. The fourth-order valence-corrected chi connectivity index (χ4v) is 3.55. The fraction of sp³-hybridized carbons (Fsp3) is 0.143. The molecule has 0 aliphatic rings. The largest absolute Gasteiger partial charge is 0.493 e. The molecule has 10 heteroatoms. The zero-order valence-corrected chi connectivity index (χ0v) is 17.5. The first-order valence-corrected chi connectivity index (χ1v) is 10.2. The molecule has 0 bridgehead atoms. The molecule has 1 N–H and O–H groups in total. The van der Waals surface area contributed by atoms with Crippen molar-refractivity contribution in [1.82, 2.24) is 19.8 Å². The number of amides is 1. The minimum absolute atomic E-state index is 0.0701. The number of thioether (sulfide) groups is 1. The lowest BCUT2D eigenvalue weighted by Crippen LogP contribution is -2.15. The van der Waals surface area contributed by atoms with E-state index >= 15 is 0 Å². The SMILES string of the molecule is COc1ccc(-c2nnc3ccc(SCC(=O)Nc4ccccc4F)nn23)cc1OC. The molecule has 2 aromatic heterocycles.